The van der Waals surface area contributed by atoms with E-state index in [-0.39, 0.29) is 0 Å². The Morgan fingerprint density at radius 1 is 1.22 bits per heavy atom. The lowest BCUT2D eigenvalue weighted by atomic mass is 10.1. The molecule has 0 saturated carbocycles. The molecule has 27 heavy (non-hydrogen) atoms. The predicted octanol–water partition coefficient (Wildman–Crippen LogP) is 1.54. The third kappa shape index (κ3) is 3.02. The molecule has 2 aliphatic rings. The van der Waals surface area contributed by atoms with Crippen LogP contribution in [-0.4, -0.2) is 47.0 Å². The largest absolute Gasteiger partial charge is 0.456 e. The summed E-state index contributed by atoms with van der Waals surface area (Å²) in [5.41, 5.74) is 9.90. The average Bonchev–Trinajstić information content (AvgIpc) is 3.06. The van der Waals surface area contributed by atoms with Crippen molar-refractivity contribution < 1.29 is 4.74 Å². The summed E-state index contributed by atoms with van der Waals surface area (Å²) < 4.78 is 5.47. The van der Waals surface area contributed by atoms with E-state index in [9.17, 15) is 0 Å². The average molecular weight is 363 g/mol. The fourth-order valence-electron chi connectivity index (χ4n) is 3.57. The number of aromatic nitrogens is 3. The van der Waals surface area contributed by atoms with Crippen LogP contribution < -0.4 is 26.0 Å². The number of anilines is 2. The van der Waals surface area contributed by atoms with Crippen LogP contribution in [0.1, 0.15) is 6.92 Å². The zero-order valence-electron chi connectivity index (χ0n) is 15.0. The number of rotatable bonds is 2. The van der Waals surface area contributed by atoms with E-state index in [1.807, 2.05) is 36.5 Å². The number of hydrogen-bond donors (Lipinski definition) is 3. The van der Waals surface area contributed by atoms with Gasteiger partial charge in [-0.1, -0.05) is 0 Å². The summed E-state index contributed by atoms with van der Waals surface area (Å²) in [7, 11) is 0. The summed E-state index contributed by atoms with van der Waals surface area (Å²) in [5.74, 6) is 1.62. The third-order valence-corrected chi connectivity index (χ3v) is 4.91. The summed E-state index contributed by atoms with van der Waals surface area (Å²) in [5, 5.41) is 6.53. The van der Waals surface area contributed by atoms with Gasteiger partial charge in [-0.05, 0) is 37.3 Å². The number of fused-ring (bicyclic) bond motifs is 2. The summed E-state index contributed by atoms with van der Waals surface area (Å²) >= 11 is 0. The van der Waals surface area contributed by atoms with Gasteiger partial charge in [0.15, 0.2) is 5.65 Å². The molecule has 4 heterocycles. The molecule has 1 aromatic carbocycles. The van der Waals surface area contributed by atoms with Crippen LogP contribution in [0, 0.1) is 0 Å². The third-order valence-electron chi connectivity index (χ3n) is 4.91. The number of ether oxygens (including phenoxy) is 1. The van der Waals surface area contributed by atoms with Crippen molar-refractivity contribution in [1.82, 2.24) is 20.3 Å². The molecule has 4 N–H and O–H groups in total. The molecule has 5 rings (SSSR count). The van der Waals surface area contributed by atoms with Gasteiger partial charge in [-0.15, -0.1) is 0 Å². The standard InChI is InChI=1S/C19H21N7O/c1-11-10-26(7-6-21-11)17-9-22-14-4-3-13(23-18(14)25-17)12-2-5-16-15(8-12)24-19(20)27-16/h2-5,8-9,11,19,21,24H,6-7,10,20H2,1H3/t11-,19?/m1/s1. The van der Waals surface area contributed by atoms with Crippen molar-refractivity contribution in [3.05, 3.63) is 36.5 Å². The van der Waals surface area contributed by atoms with Crippen molar-refractivity contribution in [1.29, 1.82) is 0 Å². The number of nitrogens with two attached hydrogens (primary N) is 1. The first-order chi connectivity index (χ1) is 13.2. The van der Waals surface area contributed by atoms with Crippen LogP contribution in [-0.2, 0) is 0 Å². The summed E-state index contributed by atoms with van der Waals surface area (Å²) in [6.07, 6.45) is 1.33. The van der Waals surface area contributed by atoms with Crippen LogP contribution >= 0.6 is 0 Å². The number of nitrogens with one attached hydrogen (secondary N) is 2. The lowest BCUT2D eigenvalue weighted by Gasteiger charge is -2.32. The van der Waals surface area contributed by atoms with Crippen LogP contribution in [0.5, 0.6) is 5.75 Å². The fraction of sp³-hybridized carbons (Fsp3) is 0.316. The molecule has 8 nitrogen and oxygen atoms in total. The molecule has 3 aromatic rings. The van der Waals surface area contributed by atoms with Crippen LogP contribution in [0.25, 0.3) is 22.4 Å². The first-order valence-corrected chi connectivity index (χ1v) is 9.11. The second-order valence-electron chi connectivity index (χ2n) is 6.96. The van der Waals surface area contributed by atoms with Crippen molar-refractivity contribution in [2.24, 2.45) is 5.73 Å². The van der Waals surface area contributed by atoms with Crippen LogP contribution in [0.15, 0.2) is 36.5 Å². The molecule has 0 amide bonds. The summed E-state index contributed by atoms with van der Waals surface area (Å²) in [6.45, 7) is 4.95. The van der Waals surface area contributed by atoms with E-state index in [2.05, 4.69) is 27.4 Å². The second-order valence-corrected chi connectivity index (χ2v) is 6.96. The molecule has 138 valence electrons. The first kappa shape index (κ1) is 16.2. The van der Waals surface area contributed by atoms with Gasteiger partial charge in [-0.2, -0.15) is 0 Å². The van der Waals surface area contributed by atoms with Gasteiger partial charge < -0.3 is 20.3 Å². The van der Waals surface area contributed by atoms with E-state index < -0.39 is 6.35 Å². The van der Waals surface area contributed by atoms with Crippen molar-refractivity contribution in [2.45, 2.75) is 19.3 Å². The summed E-state index contributed by atoms with van der Waals surface area (Å²) in [4.78, 5) is 16.3. The van der Waals surface area contributed by atoms with Crippen molar-refractivity contribution in [2.75, 3.05) is 29.9 Å². The van der Waals surface area contributed by atoms with Crippen LogP contribution in [0.4, 0.5) is 11.5 Å². The van der Waals surface area contributed by atoms with E-state index in [4.69, 9.17) is 20.4 Å². The van der Waals surface area contributed by atoms with E-state index in [1.165, 1.54) is 0 Å². The minimum atomic E-state index is -0.505. The molecule has 0 bridgehead atoms. The molecule has 0 radical (unpaired) electrons. The Hall–Kier alpha value is -2.97. The van der Waals surface area contributed by atoms with Crippen molar-refractivity contribution >= 4 is 22.7 Å². The van der Waals surface area contributed by atoms with E-state index in [0.29, 0.717) is 11.7 Å². The number of pyridine rings is 1. The fourth-order valence-corrected chi connectivity index (χ4v) is 3.57. The Labute approximate surface area is 156 Å². The Morgan fingerprint density at radius 2 is 2.15 bits per heavy atom. The highest BCUT2D eigenvalue weighted by Gasteiger charge is 2.20. The molecule has 0 spiro atoms. The number of hydrogen-bond acceptors (Lipinski definition) is 8. The minimum absolute atomic E-state index is 0.433. The molecule has 2 aliphatic heterocycles. The Morgan fingerprint density at radius 3 is 3.04 bits per heavy atom. The molecule has 1 fully saturated rings. The lowest BCUT2D eigenvalue weighted by molar-refractivity contribution is 0.262. The molecule has 1 saturated heterocycles. The van der Waals surface area contributed by atoms with Gasteiger partial charge in [0.05, 0.1) is 17.6 Å². The first-order valence-electron chi connectivity index (χ1n) is 9.11. The zero-order chi connectivity index (χ0) is 18.4. The van der Waals surface area contributed by atoms with E-state index in [0.717, 1.165) is 53.7 Å². The van der Waals surface area contributed by atoms with E-state index in [1.54, 1.807) is 0 Å². The normalized spacial score (nSPS) is 21.6. The molecule has 8 heteroatoms. The SMILES string of the molecule is C[C@@H]1CN(c2cnc3ccc(-c4ccc5c(c4)NC(N)O5)nc3n2)CCN1. The number of nitrogens with zero attached hydrogens (tertiary/aromatic N) is 4. The smallest absolute Gasteiger partial charge is 0.225 e. The second kappa shape index (κ2) is 6.33. The monoisotopic (exact) mass is 363 g/mol. The predicted molar refractivity (Wildman–Crippen MR) is 105 cm³/mol. The Bertz CT molecular complexity index is 1010. The van der Waals surface area contributed by atoms with Gasteiger partial charge in [-0.25, -0.2) is 15.0 Å². The van der Waals surface area contributed by atoms with Crippen LogP contribution in [0.3, 0.4) is 0 Å². The molecule has 2 atom stereocenters. The Balaban J connectivity index is 1.50. The Kier molecular flexibility index (Phi) is 3.80. The zero-order valence-corrected chi connectivity index (χ0v) is 15.0. The van der Waals surface area contributed by atoms with Gasteiger partial charge >= 0.3 is 0 Å². The molecule has 0 aliphatic carbocycles. The highest BCUT2D eigenvalue weighted by Crippen LogP contribution is 2.34. The maximum absolute atomic E-state index is 5.77. The van der Waals surface area contributed by atoms with Crippen molar-refractivity contribution in [3.63, 3.8) is 0 Å². The lowest BCUT2D eigenvalue weighted by Crippen LogP contribution is -2.49. The number of benzene rings is 1. The highest BCUT2D eigenvalue weighted by atomic mass is 16.5. The van der Waals surface area contributed by atoms with Gasteiger partial charge in [0.2, 0.25) is 6.35 Å². The topological polar surface area (TPSA) is 101 Å². The molecular weight excluding hydrogens is 342 g/mol. The highest BCUT2D eigenvalue weighted by molar-refractivity contribution is 5.78. The summed E-state index contributed by atoms with van der Waals surface area (Å²) in [6, 6.07) is 10.2. The van der Waals surface area contributed by atoms with Crippen molar-refractivity contribution in [3.8, 4) is 17.0 Å². The maximum atomic E-state index is 5.77. The molecule has 2 aromatic heterocycles. The van der Waals surface area contributed by atoms with Gasteiger partial charge in [0.25, 0.3) is 0 Å². The maximum Gasteiger partial charge on any atom is 0.225 e. The van der Waals surface area contributed by atoms with Gasteiger partial charge in [0, 0.05) is 31.2 Å². The molecular formula is C19H21N7O. The van der Waals surface area contributed by atoms with Crippen LogP contribution in [0.2, 0.25) is 0 Å². The molecule has 1 unspecified atom stereocenters. The van der Waals surface area contributed by atoms with Gasteiger partial charge in [-0.3, -0.25) is 5.73 Å². The minimum Gasteiger partial charge on any atom is -0.456 e. The quantitative estimate of drug-likeness (QED) is 0.630. The van der Waals surface area contributed by atoms with Gasteiger partial charge in [0.1, 0.15) is 17.1 Å². The van der Waals surface area contributed by atoms with E-state index >= 15 is 0 Å². The number of piperazine rings is 1.